The van der Waals surface area contributed by atoms with Crippen LogP contribution in [-0.4, -0.2) is 17.1 Å². The first kappa shape index (κ1) is 16.5. The van der Waals surface area contributed by atoms with E-state index in [2.05, 4.69) is 9.97 Å². The molecule has 0 radical (unpaired) electrons. The second kappa shape index (κ2) is 6.63. The van der Waals surface area contributed by atoms with E-state index in [1.54, 1.807) is 18.2 Å². The quantitative estimate of drug-likeness (QED) is 0.746. The van der Waals surface area contributed by atoms with Gasteiger partial charge >= 0.3 is 0 Å². The lowest BCUT2D eigenvalue weighted by molar-refractivity contribution is 0.386. The summed E-state index contributed by atoms with van der Waals surface area (Å²) in [5.74, 6) is -0.185. The number of hydrogen-bond donors (Lipinski definition) is 1. The number of benzene rings is 2. The third kappa shape index (κ3) is 3.27. The van der Waals surface area contributed by atoms with Gasteiger partial charge in [0.2, 0.25) is 0 Å². The zero-order valence-electron chi connectivity index (χ0n) is 12.4. The van der Waals surface area contributed by atoms with E-state index < -0.39 is 5.82 Å². The minimum atomic E-state index is -0.509. The third-order valence-electron chi connectivity index (χ3n) is 3.36. The Bertz CT molecular complexity index is 1020. The highest BCUT2D eigenvalue weighted by atomic mass is 35.5. The van der Waals surface area contributed by atoms with Gasteiger partial charge in [0.05, 0.1) is 23.0 Å². The van der Waals surface area contributed by atoms with E-state index in [1.165, 1.54) is 31.4 Å². The largest absolute Gasteiger partial charge is 0.494 e. The molecule has 2 aromatic carbocycles. The molecule has 1 N–H and O–H groups in total. The number of aromatic nitrogens is 2. The number of H-pyrrole nitrogens is 1. The Morgan fingerprint density at radius 2 is 2.08 bits per heavy atom. The molecule has 0 saturated carbocycles. The lowest BCUT2D eigenvalue weighted by atomic mass is 10.2. The number of ether oxygens (including phenoxy) is 1. The van der Waals surface area contributed by atoms with Crippen LogP contribution >= 0.6 is 23.2 Å². The standard InChI is InChI=1S/C17H11Cl2FN2O2/c1-24-15-5-2-9(7-13(15)20)6-12(19)16-21-14-4-3-10(18)8-11(14)17(23)22-16/h2-8H,1H3,(H,21,22,23)/b12-6-. The molecule has 4 nitrogen and oxygen atoms in total. The Morgan fingerprint density at radius 3 is 2.79 bits per heavy atom. The fraction of sp³-hybridized carbons (Fsp3) is 0.0588. The van der Waals surface area contributed by atoms with Crippen molar-refractivity contribution in [2.75, 3.05) is 7.11 Å². The zero-order valence-corrected chi connectivity index (χ0v) is 14.0. The Labute approximate surface area is 146 Å². The second-order valence-electron chi connectivity index (χ2n) is 4.96. The molecular weight excluding hydrogens is 354 g/mol. The predicted octanol–water partition coefficient (Wildman–Crippen LogP) is 4.46. The van der Waals surface area contributed by atoms with Gasteiger partial charge in [-0.2, -0.15) is 0 Å². The molecule has 3 rings (SSSR count). The average molecular weight is 365 g/mol. The van der Waals surface area contributed by atoms with Crippen LogP contribution in [0.4, 0.5) is 4.39 Å². The summed E-state index contributed by atoms with van der Waals surface area (Å²) in [5, 5.41) is 0.984. The topological polar surface area (TPSA) is 55.0 Å². The molecule has 1 heterocycles. The lowest BCUT2D eigenvalue weighted by Gasteiger charge is -2.04. The normalized spacial score (nSPS) is 11.8. The van der Waals surface area contributed by atoms with Gasteiger partial charge in [-0.15, -0.1) is 0 Å². The van der Waals surface area contributed by atoms with Crippen LogP contribution in [-0.2, 0) is 0 Å². The average Bonchev–Trinajstić information content (AvgIpc) is 2.55. The Kier molecular flexibility index (Phi) is 4.55. The van der Waals surface area contributed by atoms with Gasteiger partial charge in [-0.3, -0.25) is 4.79 Å². The molecule has 1 aromatic heterocycles. The zero-order chi connectivity index (χ0) is 17.3. The summed E-state index contributed by atoms with van der Waals surface area (Å²) in [6.45, 7) is 0. The van der Waals surface area contributed by atoms with Crippen molar-refractivity contribution in [2.45, 2.75) is 0 Å². The number of nitrogens with zero attached hydrogens (tertiary/aromatic N) is 1. The molecule has 0 aliphatic rings. The summed E-state index contributed by atoms with van der Waals surface area (Å²) >= 11 is 12.1. The summed E-state index contributed by atoms with van der Waals surface area (Å²) in [4.78, 5) is 19.0. The first-order valence-electron chi connectivity index (χ1n) is 6.88. The fourth-order valence-electron chi connectivity index (χ4n) is 2.21. The molecule has 0 atom stereocenters. The molecule has 7 heteroatoms. The van der Waals surface area contributed by atoms with Crippen LogP contribution < -0.4 is 10.3 Å². The molecular formula is C17H11Cl2FN2O2. The number of halogens is 3. The van der Waals surface area contributed by atoms with Crippen molar-refractivity contribution in [1.82, 2.24) is 9.97 Å². The van der Waals surface area contributed by atoms with Gasteiger partial charge in [0.1, 0.15) is 0 Å². The number of methoxy groups -OCH3 is 1. The van der Waals surface area contributed by atoms with Gasteiger partial charge in [0.15, 0.2) is 17.4 Å². The van der Waals surface area contributed by atoms with Crippen molar-refractivity contribution in [3.63, 3.8) is 0 Å². The SMILES string of the molecule is COc1ccc(/C=C(\Cl)c2nc3ccc(Cl)cc3c(=O)[nH]2)cc1F. The molecule has 0 unspecified atom stereocenters. The summed E-state index contributed by atoms with van der Waals surface area (Å²) in [6.07, 6.45) is 1.50. The molecule has 122 valence electrons. The van der Waals surface area contributed by atoms with Crippen LogP contribution in [0.3, 0.4) is 0 Å². The van der Waals surface area contributed by atoms with Crippen LogP contribution in [0.2, 0.25) is 5.02 Å². The lowest BCUT2D eigenvalue weighted by Crippen LogP contribution is -2.10. The predicted molar refractivity (Wildman–Crippen MR) is 94.0 cm³/mol. The summed E-state index contributed by atoms with van der Waals surface area (Å²) < 4.78 is 18.6. The molecule has 0 amide bonds. The molecule has 0 aliphatic carbocycles. The maximum atomic E-state index is 13.7. The molecule has 0 aliphatic heterocycles. The van der Waals surface area contributed by atoms with Crippen LogP contribution in [0.15, 0.2) is 41.2 Å². The van der Waals surface area contributed by atoms with Crippen LogP contribution in [0, 0.1) is 5.82 Å². The molecule has 0 saturated heterocycles. The number of hydrogen-bond acceptors (Lipinski definition) is 3. The Morgan fingerprint density at radius 1 is 1.29 bits per heavy atom. The van der Waals surface area contributed by atoms with Gasteiger partial charge in [-0.1, -0.05) is 29.3 Å². The van der Waals surface area contributed by atoms with E-state index in [0.29, 0.717) is 21.5 Å². The van der Waals surface area contributed by atoms with Gasteiger partial charge in [-0.25, -0.2) is 9.37 Å². The first-order chi connectivity index (χ1) is 11.5. The van der Waals surface area contributed by atoms with Gasteiger partial charge in [-0.05, 0) is 42.0 Å². The maximum Gasteiger partial charge on any atom is 0.259 e. The van der Waals surface area contributed by atoms with Crippen molar-refractivity contribution < 1.29 is 9.13 Å². The molecule has 24 heavy (non-hydrogen) atoms. The van der Waals surface area contributed by atoms with Crippen molar-refractivity contribution in [3.8, 4) is 5.75 Å². The highest BCUT2D eigenvalue weighted by Crippen LogP contribution is 2.24. The fourth-order valence-corrected chi connectivity index (χ4v) is 2.60. The van der Waals surface area contributed by atoms with E-state index in [-0.39, 0.29) is 22.2 Å². The maximum absolute atomic E-state index is 13.7. The number of aromatic amines is 1. The second-order valence-corrected chi connectivity index (χ2v) is 5.81. The van der Waals surface area contributed by atoms with E-state index in [0.717, 1.165) is 0 Å². The van der Waals surface area contributed by atoms with E-state index >= 15 is 0 Å². The van der Waals surface area contributed by atoms with Crippen LogP contribution in [0.5, 0.6) is 5.75 Å². The number of rotatable bonds is 3. The first-order valence-corrected chi connectivity index (χ1v) is 7.64. The van der Waals surface area contributed by atoms with Crippen molar-refractivity contribution in [3.05, 3.63) is 69.0 Å². The van der Waals surface area contributed by atoms with E-state index in [4.69, 9.17) is 27.9 Å². The molecule has 0 bridgehead atoms. The van der Waals surface area contributed by atoms with Crippen molar-refractivity contribution in [2.24, 2.45) is 0 Å². The molecule has 3 aromatic rings. The van der Waals surface area contributed by atoms with Gasteiger partial charge < -0.3 is 9.72 Å². The Balaban J connectivity index is 2.04. The van der Waals surface area contributed by atoms with Crippen LogP contribution in [0.1, 0.15) is 11.4 Å². The third-order valence-corrected chi connectivity index (χ3v) is 3.89. The number of fused-ring (bicyclic) bond motifs is 1. The van der Waals surface area contributed by atoms with E-state index in [9.17, 15) is 9.18 Å². The minimum Gasteiger partial charge on any atom is -0.494 e. The number of nitrogens with one attached hydrogen (secondary N) is 1. The Hall–Kier alpha value is -2.37. The van der Waals surface area contributed by atoms with Crippen LogP contribution in [0.25, 0.3) is 22.0 Å². The smallest absolute Gasteiger partial charge is 0.259 e. The van der Waals surface area contributed by atoms with Gasteiger partial charge in [0, 0.05) is 5.02 Å². The summed E-state index contributed by atoms with van der Waals surface area (Å²) in [6, 6.07) is 9.21. The minimum absolute atomic E-state index is 0.136. The summed E-state index contributed by atoms with van der Waals surface area (Å²) in [7, 11) is 1.39. The van der Waals surface area contributed by atoms with E-state index in [1.807, 2.05) is 0 Å². The summed E-state index contributed by atoms with van der Waals surface area (Å²) in [5.41, 5.74) is 0.618. The highest BCUT2D eigenvalue weighted by molar-refractivity contribution is 6.50. The van der Waals surface area contributed by atoms with Gasteiger partial charge in [0.25, 0.3) is 5.56 Å². The highest BCUT2D eigenvalue weighted by Gasteiger charge is 2.08. The van der Waals surface area contributed by atoms with Crippen molar-refractivity contribution >= 4 is 45.2 Å². The monoisotopic (exact) mass is 364 g/mol. The molecule has 0 spiro atoms. The molecule has 0 fully saturated rings. The van der Waals surface area contributed by atoms with Crippen molar-refractivity contribution in [1.29, 1.82) is 0 Å².